The van der Waals surface area contributed by atoms with Gasteiger partial charge in [0, 0.05) is 11.9 Å². The minimum absolute atomic E-state index is 0.607. The molecule has 1 aliphatic carbocycles. The maximum absolute atomic E-state index is 4.56. The van der Waals surface area contributed by atoms with Crippen molar-refractivity contribution in [1.82, 2.24) is 20.2 Å². The second-order valence-corrected chi connectivity index (χ2v) is 6.18. The number of nitrogens with zero attached hydrogens (tertiary/aromatic N) is 3. The van der Waals surface area contributed by atoms with Gasteiger partial charge in [-0.1, -0.05) is 17.8 Å². The zero-order valence-electron chi connectivity index (χ0n) is 11.7. The van der Waals surface area contributed by atoms with E-state index in [-0.39, 0.29) is 0 Å². The first-order valence-electron chi connectivity index (χ1n) is 7.02. The highest BCUT2D eigenvalue weighted by Crippen LogP contribution is 2.34. The fraction of sp³-hybridized carbons (Fsp3) is 0.267. The van der Waals surface area contributed by atoms with Gasteiger partial charge < -0.3 is 5.32 Å². The molecule has 2 N–H and O–H groups in total. The fourth-order valence-corrected chi connectivity index (χ4v) is 3.67. The summed E-state index contributed by atoms with van der Waals surface area (Å²) in [4.78, 5) is 10.1. The van der Waals surface area contributed by atoms with Crippen LogP contribution >= 0.6 is 11.8 Å². The first-order valence-corrected chi connectivity index (χ1v) is 7.83. The van der Waals surface area contributed by atoms with Gasteiger partial charge in [-0.3, -0.25) is 5.10 Å². The van der Waals surface area contributed by atoms with E-state index in [1.165, 1.54) is 35.3 Å². The fourth-order valence-electron chi connectivity index (χ4n) is 2.72. The summed E-state index contributed by atoms with van der Waals surface area (Å²) >= 11 is 1.67. The number of hydrogen-bond acceptors (Lipinski definition) is 5. The number of aromatic nitrogens is 4. The first kappa shape index (κ1) is 12.6. The van der Waals surface area contributed by atoms with Gasteiger partial charge in [0.05, 0.1) is 11.6 Å². The molecule has 0 saturated carbocycles. The molecular weight excluding hydrogens is 282 g/mol. The summed E-state index contributed by atoms with van der Waals surface area (Å²) in [5.74, 6) is 0.607. The molecule has 2 aromatic heterocycles. The number of anilines is 1. The minimum atomic E-state index is 0.607. The predicted octanol–water partition coefficient (Wildman–Crippen LogP) is 3.03. The quantitative estimate of drug-likeness (QED) is 0.727. The van der Waals surface area contributed by atoms with Crippen molar-refractivity contribution in [3.63, 3.8) is 0 Å². The summed E-state index contributed by atoms with van der Waals surface area (Å²) in [5, 5.41) is 11.9. The number of H-pyrrole nitrogens is 1. The SMILES string of the molecule is CNc1nc(Sc2ccc3c(c2)CCC3)c2cn[nH]c2n1. The van der Waals surface area contributed by atoms with Crippen LogP contribution in [0.25, 0.3) is 11.0 Å². The Morgan fingerprint density at radius 3 is 3.00 bits per heavy atom. The highest BCUT2D eigenvalue weighted by Gasteiger charge is 2.14. The van der Waals surface area contributed by atoms with Crippen LogP contribution in [0.2, 0.25) is 0 Å². The molecule has 0 unspecified atom stereocenters. The number of aryl methyl sites for hydroxylation is 2. The summed E-state index contributed by atoms with van der Waals surface area (Å²) in [5.41, 5.74) is 3.73. The highest BCUT2D eigenvalue weighted by atomic mass is 32.2. The number of nitrogens with one attached hydrogen (secondary N) is 2. The Balaban J connectivity index is 1.75. The van der Waals surface area contributed by atoms with Crippen LogP contribution in [0.1, 0.15) is 17.5 Å². The Bertz CT molecular complexity index is 811. The lowest BCUT2D eigenvalue weighted by molar-refractivity contribution is 0.911. The van der Waals surface area contributed by atoms with E-state index in [0.29, 0.717) is 5.95 Å². The summed E-state index contributed by atoms with van der Waals surface area (Å²) in [6, 6.07) is 6.72. The van der Waals surface area contributed by atoms with Crippen molar-refractivity contribution < 1.29 is 0 Å². The molecule has 106 valence electrons. The maximum atomic E-state index is 4.56. The van der Waals surface area contributed by atoms with Crippen molar-refractivity contribution in [2.75, 3.05) is 12.4 Å². The third-order valence-electron chi connectivity index (χ3n) is 3.78. The predicted molar refractivity (Wildman–Crippen MR) is 83.8 cm³/mol. The number of benzene rings is 1. The van der Waals surface area contributed by atoms with Crippen molar-refractivity contribution in [2.24, 2.45) is 0 Å². The van der Waals surface area contributed by atoms with Gasteiger partial charge >= 0.3 is 0 Å². The van der Waals surface area contributed by atoms with E-state index in [0.717, 1.165) is 16.1 Å². The highest BCUT2D eigenvalue weighted by molar-refractivity contribution is 7.99. The van der Waals surface area contributed by atoms with Crippen molar-refractivity contribution in [3.8, 4) is 0 Å². The third-order valence-corrected chi connectivity index (χ3v) is 4.78. The van der Waals surface area contributed by atoms with Gasteiger partial charge in [-0.2, -0.15) is 10.1 Å². The number of rotatable bonds is 3. The monoisotopic (exact) mass is 297 g/mol. The molecule has 1 aliphatic rings. The molecule has 0 atom stereocenters. The molecule has 1 aromatic carbocycles. The van der Waals surface area contributed by atoms with Crippen molar-refractivity contribution in [1.29, 1.82) is 0 Å². The van der Waals surface area contributed by atoms with Gasteiger partial charge in [0.1, 0.15) is 5.03 Å². The second kappa shape index (κ2) is 5.04. The lowest BCUT2D eigenvalue weighted by Gasteiger charge is -2.06. The van der Waals surface area contributed by atoms with Gasteiger partial charge in [0.25, 0.3) is 0 Å². The van der Waals surface area contributed by atoms with Crippen LogP contribution in [0, 0.1) is 0 Å². The minimum Gasteiger partial charge on any atom is -0.357 e. The Labute approximate surface area is 126 Å². The lowest BCUT2D eigenvalue weighted by Crippen LogP contribution is -1.97. The molecule has 2 heterocycles. The van der Waals surface area contributed by atoms with Crippen LogP contribution in [0.15, 0.2) is 34.3 Å². The zero-order valence-corrected chi connectivity index (χ0v) is 12.5. The van der Waals surface area contributed by atoms with E-state index in [1.807, 2.05) is 7.05 Å². The summed E-state index contributed by atoms with van der Waals surface area (Å²) in [6.45, 7) is 0. The van der Waals surface area contributed by atoms with Crippen molar-refractivity contribution >= 4 is 28.7 Å². The third kappa shape index (κ3) is 2.25. The number of fused-ring (bicyclic) bond motifs is 2. The Morgan fingerprint density at radius 2 is 2.10 bits per heavy atom. The number of aromatic amines is 1. The molecule has 4 rings (SSSR count). The average Bonchev–Trinajstić information content (AvgIpc) is 3.14. The van der Waals surface area contributed by atoms with Crippen LogP contribution in [-0.4, -0.2) is 27.2 Å². The van der Waals surface area contributed by atoms with E-state index >= 15 is 0 Å². The molecule has 3 aromatic rings. The first-order chi connectivity index (χ1) is 10.3. The van der Waals surface area contributed by atoms with Gasteiger partial charge in [-0.25, -0.2) is 4.98 Å². The van der Waals surface area contributed by atoms with Crippen molar-refractivity contribution in [2.45, 2.75) is 29.2 Å². The van der Waals surface area contributed by atoms with E-state index in [2.05, 4.69) is 43.7 Å². The molecule has 5 nitrogen and oxygen atoms in total. The largest absolute Gasteiger partial charge is 0.357 e. The topological polar surface area (TPSA) is 66.5 Å². The van der Waals surface area contributed by atoms with Gasteiger partial charge in [-0.05, 0) is 42.5 Å². The normalized spacial score (nSPS) is 13.6. The smallest absolute Gasteiger partial charge is 0.225 e. The average molecular weight is 297 g/mol. The molecule has 0 bridgehead atoms. The molecule has 0 radical (unpaired) electrons. The van der Waals surface area contributed by atoms with E-state index < -0.39 is 0 Å². The van der Waals surface area contributed by atoms with Crippen LogP contribution in [-0.2, 0) is 12.8 Å². The van der Waals surface area contributed by atoms with Crippen LogP contribution < -0.4 is 5.32 Å². The number of hydrogen-bond donors (Lipinski definition) is 2. The Hall–Kier alpha value is -2.08. The standard InChI is InChI=1S/C15H15N5S/c1-16-15-18-13-12(8-17-20-13)14(19-15)21-11-6-5-9-3-2-4-10(9)7-11/h5-8H,2-4H2,1H3,(H2,16,17,18,19,20). The Kier molecular flexibility index (Phi) is 3.03. The van der Waals surface area contributed by atoms with Crippen molar-refractivity contribution in [3.05, 3.63) is 35.5 Å². The van der Waals surface area contributed by atoms with E-state index in [4.69, 9.17) is 0 Å². The molecular formula is C15H15N5S. The van der Waals surface area contributed by atoms with Gasteiger partial charge in [-0.15, -0.1) is 0 Å². The molecule has 0 amide bonds. The second-order valence-electron chi connectivity index (χ2n) is 5.12. The van der Waals surface area contributed by atoms with Crippen LogP contribution in [0.3, 0.4) is 0 Å². The molecule has 0 saturated heterocycles. The Morgan fingerprint density at radius 1 is 1.19 bits per heavy atom. The van der Waals surface area contributed by atoms with Gasteiger partial charge in [0.15, 0.2) is 5.65 Å². The summed E-state index contributed by atoms with van der Waals surface area (Å²) < 4.78 is 0. The van der Waals surface area contributed by atoms with E-state index in [9.17, 15) is 0 Å². The summed E-state index contributed by atoms with van der Waals surface area (Å²) in [7, 11) is 1.82. The molecule has 0 fully saturated rings. The van der Waals surface area contributed by atoms with E-state index in [1.54, 1.807) is 18.0 Å². The molecule has 21 heavy (non-hydrogen) atoms. The maximum Gasteiger partial charge on any atom is 0.225 e. The molecule has 0 aliphatic heterocycles. The van der Waals surface area contributed by atoms with Crippen LogP contribution in [0.5, 0.6) is 0 Å². The molecule has 0 spiro atoms. The molecule has 6 heteroatoms. The lowest BCUT2D eigenvalue weighted by atomic mass is 10.1. The van der Waals surface area contributed by atoms with Crippen LogP contribution in [0.4, 0.5) is 5.95 Å². The van der Waals surface area contributed by atoms with Gasteiger partial charge in [0.2, 0.25) is 5.95 Å². The summed E-state index contributed by atoms with van der Waals surface area (Å²) in [6.07, 6.45) is 5.46. The zero-order chi connectivity index (χ0) is 14.2.